The molecule has 4 aromatic rings. The quantitative estimate of drug-likeness (QED) is 0.398. The number of sulfonamides is 1. The predicted octanol–water partition coefficient (Wildman–Crippen LogP) is 4.17. The van der Waals surface area contributed by atoms with Gasteiger partial charge in [0, 0.05) is 30.4 Å². The molecule has 0 spiro atoms. The average Bonchev–Trinajstić information content (AvgIpc) is 2.83. The van der Waals surface area contributed by atoms with E-state index in [4.69, 9.17) is 10.5 Å². The third-order valence-electron chi connectivity index (χ3n) is 5.11. The molecule has 2 aromatic heterocycles. The van der Waals surface area contributed by atoms with Crippen LogP contribution in [0.3, 0.4) is 0 Å². The highest BCUT2D eigenvalue weighted by atomic mass is 32.2. The molecule has 33 heavy (non-hydrogen) atoms. The Morgan fingerprint density at radius 1 is 0.970 bits per heavy atom. The normalized spacial score (nSPS) is 11.6. The monoisotopic (exact) mass is 464 g/mol. The molecular weight excluding hydrogens is 440 g/mol. The van der Waals surface area contributed by atoms with Gasteiger partial charge in [0.05, 0.1) is 4.90 Å². The second-order valence-electron chi connectivity index (χ2n) is 7.11. The summed E-state index contributed by atoms with van der Waals surface area (Å²) in [6, 6.07) is 15.8. The Labute approximate surface area is 192 Å². The van der Waals surface area contributed by atoms with Crippen molar-refractivity contribution in [2.45, 2.75) is 18.7 Å². The fourth-order valence-electron chi connectivity index (χ4n) is 3.38. The number of nitrogens with two attached hydrogens (primary N) is 1. The molecule has 10 heteroatoms. The number of nitrogens with one attached hydrogen (secondary N) is 1. The molecule has 2 heterocycles. The summed E-state index contributed by atoms with van der Waals surface area (Å²) in [6.45, 7) is 4.43. The molecule has 0 aliphatic carbocycles. The highest BCUT2D eigenvalue weighted by Gasteiger charge is 2.21. The Morgan fingerprint density at radius 2 is 1.70 bits per heavy atom. The van der Waals surface area contributed by atoms with Gasteiger partial charge in [-0.25, -0.2) is 13.4 Å². The molecule has 0 saturated heterocycles. The molecular formula is C23H24N6O3S. The number of para-hydroxylation sites is 1. The van der Waals surface area contributed by atoms with Crippen LogP contribution < -0.4 is 15.8 Å². The summed E-state index contributed by atoms with van der Waals surface area (Å²) >= 11 is 0. The first-order chi connectivity index (χ1) is 15.9. The molecule has 0 radical (unpaired) electrons. The smallest absolute Gasteiger partial charge is 0.248 e. The zero-order valence-corrected chi connectivity index (χ0v) is 19.1. The Morgan fingerprint density at radius 3 is 2.42 bits per heavy atom. The summed E-state index contributed by atoms with van der Waals surface area (Å²) in [4.78, 5) is 12.9. The van der Waals surface area contributed by atoms with Crippen molar-refractivity contribution >= 4 is 38.1 Å². The van der Waals surface area contributed by atoms with Crippen molar-refractivity contribution in [3.63, 3.8) is 0 Å². The van der Waals surface area contributed by atoms with Crippen molar-refractivity contribution in [2.24, 2.45) is 0 Å². The number of pyridine rings is 1. The van der Waals surface area contributed by atoms with E-state index in [2.05, 4.69) is 20.3 Å². The summed E-state index contributed by atoms with van der Waals surface area (Å²) < 4.78 is 32.7. The van der Waals surface area contributed by atoms with Crippen molar-refractivity contribution in [3.05, 3.63) is 67.1 Å². The first-order valence-corrected chi connectivity index (χ1v) is 11.9. The van der Waals surface area contributed by atoms with Crippen molar-refractivity contribution in [2.75, 3.05) is 24.1 Å². The number of ether oxygens (including phenoxy) is 1. The average molecular weight is 465 g/mol. The number of nitrogens with zero attached hydrogens (tertiary/aromatic N) is 4. The van der Waals surface area contributed by atoms with E-state index in [9.17, 15) is 8.42 Å². The summed E-state index contributed by atoms with van der Waals surface area (Å²) in [5, 5.41) is 4.02. The Balaban J connectivity index is 1.57. The first kappa shape index (κ1) is 22.4. The topological polar surface area (TPSA) is 123 Å². The minimum absolute atomic E-state index is 0.186. The number of aromatic nitrogens is 3. The van der Waals surface area contributed by atoms with Gasteiger partial charge in [-0.2, -0.15) is 9.29 Å². The molecule has 0 atom stereocenters. The van der Waals surface area contributed by atoms with Gasteiger partial charge in [-0.15, -0.1) is 0 Å². The second kappa shape index (κ2) is 9.39. The highest BCUT2D eigenvalue weighted by molar-refractivity contribution is 7.89. The molecule has 0 aliphatic rings. The van der Waals surface area contributed by atoms with E-state index < -0.39 is 10.0 Å². The van der Waals surface area contributed by atoms with Crippen molar-refractivity contribution in [1.29, 1.82) is 0 Å². The van der Waals surface area contributed by atoms with Gasteiger partial charge in [-0.05, 0) is 36.4 Å². The Hall–Kier alpha value is -3.76. The lowest BCUT2D eigenvalue weighted by molar-refractivity contribution is 0.445. The van der Waals surface area contributed by atoms with Crippen LogP contribution >= 0.6 is 0 Å². The molecule has 9 nitrogen and oxygen atoms in total. The molecule has 3 N–H and O–H groups in total. The first-order valence-electron chi connectivity index (χ1n) is 10.4. The number of anilines is 3. The van der Waals surface area contributed by atoms with Crippen LogP contribution in [0.2, 0.25) is 0 Å². The van der Waals surface area contributed by atoms with E-state index >= 15 is 0 Å². The lowest BCUT2D eigenvalue weighted by Crippen LogP contribution is -2.30. The molecule has 4 rings (SSSR count). The minimum atomic E-state index is -3.53. The minimum Gasteiger partial charge on any atom is -0.435 e. The number of rotatable bonds is 8. The molecule has 170 valence electrons. The molecule has 0 fully saturated rings. The molecule has 2 aromatic carbocycles. The fourth-order valence-corrected chi connectivity index (χ4v) is 4.84. The maximum absolute atomic E-state index is 12.7. The van der Waals surface area contributed by atoms with Gasteiger partial charge in [0.15, 0.2) is 11.6 Å². The van der Waals surface area contributed by atoms with E-state index in [1.54, 1.807) is 36.5 Å². The molecule has 0 saturated carbocycles. The van der Waals surface area contributed by atoms with Crippen LogP contribution in [0.15, 0.2) is 72.0 Å². The molecule has 0 amide bonds. The van der Waals surface area contributed by atoms with E-state index in [-0.39, 0.29) is 16.5 Å². The molecule has 0 aliphatic heterocycles. The van der Waals surface area contributed by atoms with Crippen LogP contribution in [0.4, 0.5) is 17.2 Å². The third kappa shape index (κ3) is 4.57. The van der Waals surface area contributed by atoms with Crippen LogP contribution in [0.1, 0.15) is 13.8 Å². The third-order valence-corrected chi connectivity index (χ3v) is 7.17. The highest BCUT2D eigenvalue weighted by Crippen LogP contribution is 2.33. The van der Waals surface area contributed by atoms with Crippen molar-refractivity contribution < 1.29 is 13.2 Å². The number of nitrogen functional groups attached to an aromatic ring is 1. The largest absolute Gasteiger partial charge is 0.435 e. The lowest BCUT2D eigenvalue weighted by Gasteiger charge is -2.18. The van der Waals surface area contributed by atoms with Gasteiger partial charge in [-0.1, -0.05) is 32.0 Å². The van der Waals surface area contributed by atoms with E-state index in [0.29, 0.717) is 35.9 Å². The molecule has 0 unspecified atom stereocenters. The molecule has 0 bridgehead atoms. The predicted molar refractivity (Wildman–Crippen MR) is 128 cm³/mol. The Bertz CT molecular complexity index is 1370. The SMILES string of the molecule is CCN(CC)S(=O)(=O)c1ccc(Nc2ncnc(Oc3cccc4cccnc34)c2N)cc1. The summed E-state index contributed by atoms with van der Waals surface area (Å²) in [6.07, 6.45) is 3.03. The van der Waals surface area contributed by atoms with Gasteiger partial charge in [0.2, 0.25) is 15.9 Å². The second-order valence-corrected chi connectivity index (χ2v) is 9.05. The van der Waals surface area contributed by atoms with Gasteiger partial charge < -0.3 is 15.8 Å². The van der Waals surface area contributed by atoms with Gasteiger partial charge >= 0.3 is 0 Å². The van der Waals surface area contributed by atoms with Crippen molar-refractivity contribution in [1.82, 2.24) is 19.3 Å². The maximum atomic E-state index is 12.7. The van der Waals surface area contributed by atoms with E-state index in [1.165, 1.54) is 10.6 Å². The summed E-state index contributed by atoms with van der Waals surface area (Å²) in [5.74, 6) is 1.05. The van der Waals surface area contributed by atoms with Crippen LogP contribution in [-0.4, -0.2) is 40.8 Å². The van der Waals surface area contributed by atoms with E-state index in [1.807, 2.05) is 38.1 Å². The van der Waals surface area contributed by atoms with Gasteiger partial charge in [0.1, 0.15) is 17.5 Å². The lowest BCUT2D eigenvalue weighted by atomic mass is 10.2. The number of fused-ring (bicyclic) bond motifs is 1. The van der Waals surface area contributed by atoms with Crippen LogP contribution in [0.25, 0.3) is 10.9 Å². The van der Waals surface area contributed by atoms with E-state index in [0.717, 1.165) is 5.39 Å². The summed E-state index contributed by atoms with van der Waals surface area (Å²) in [7, 11) is -3.53. The number of hydrogen-bond donors (Lipinski definition) is 2. The maximum Gasteiger partial charge on any atom is 0.248 e. The summed E-state index contributed by atoms with van der Waals surface area (Å²) in [5.41, 5.74) is 7.79. The van der Waals surface area contributed by atoms with Crippen LogP contribution in [0, 0.1) is 0 Å². The van der Waals surface area contributed by atoms with Gasteiger partial charge in [-0.3, -0.25) is 4.98 Å². The number of benzene rings is 2. The number of hydrogen-bond acceptors (Lipinski definition) is 8. The van der Waals surface area contributed by atoms with Crippen molar-refractivity contribution in [3.8, 4) is 11.6 Å². The zero-order chi connectivity index (χ0) is 23.4. The standard InChI is InChI=1S/C23H24N6O3S/c1-3-29(4-2)33(30,31)18-12-10-17(11-13-18)28-22-20(24)23(27-15-26-22)32-19-9-5-7-16-8-6-14-25-21(16)19/h5-15H,3-4,24H2,1-2H3,(H,26,27,28). The van der Waals surface area contributed by atoms with Crippen LogP contribution in [0.5, 0.6) is 11.6 Å². The zero-order valence-electron chi connectivity index (χ0n) is 18.3. The fraction of sp³-hybridized carbons (Fsp3) is 0.174. The van der Waals surface area contributed by atoms with Crippen LogP contribution in [-0.2, 0) is 10.0 Å². The Kier molecular flexibility index (Phi) is 6.38. The van der Waals surface area contributed by atoms with Gasteiger partial charge in [0.25, 0.3) is 0 Å².